The van der Waals surface area contributed by atoms with Crippen molar-refractivity contribution >= 4 is 11.8 Å². The third-order valence-corrected chi connectivity index (χ3v) is 3.78. The van der Waals surface area contributed by atoms with Gasteiger partial charge in [0.25, 0.3) is 0 Å². The largest absolute Gasteiger partial charge is 0.478 e. The lowest BCUT2D eigenvalue weighted by molar-refractivity contribution is 0.0690. The normalized spacial score (nSPS) is 17.9. The molecule has 1 atom stereocenters. The molecule has 0 saturated heterocycles. The minimum Gasteiger partial charge on any atom is -0.478 e. The lowest BCUT2D eigenvalue weighted by Gasteiger charge is -2.20. The SMILES string of the molecule is Cc1oc2c(c1C(=O)O)C(=O)C[C@H](c1ccccc1)C2. The Kier molecular flexibility index (Phi) is 2.93. The van der Waals surface area contributed by atoms with Crippen molar-refractivity contribution < 1.29 is 19.1 Å². The zero-order chi connectivity index (χ0) is 14.3. The number of Topliss-reactive ketones (excluding diaryl/α,β-unsaturated/α-hetero) is 1. The van der Waals surface area contributed by atoms with Gasteiger partial charge in [-0.15, -0.1) is 0 Å². The molecule has 4 nitrogen and oxygen atoms in total. The van der Waals surface area contributed by atoms with Gasteiger partial charge in [-0.3, -0.25) is 4.79 Å². The molecule has 0 saturated carbocycles. The van der Waals surface area contributed by atoms with Gasteiger partial charge in [0.1, 0.15) is 17.1 Å². The van der Waals surface area contributed by atoms with E-state index in [2.05, 4.69) is 0 Å². The molecule has 1 aliphatic rings. The summed E-state index contributed by atoms with van der Waals surface area (Å²) in [7, 11) is 0. The molecule has 0 aliphatic heterocycles. The van der Waals surface area contributed by atoms with Crippen LogP contribution >= 0.6 is 0 Å². The molecular formula is C16H14O4. The zero-order valence-corrected chi connectivity index (χ0v) is 11.1. The summed E-state index contributed by atoms with van der Waals surface area (Å²) in [5.41, 5.74) is 1.37. The summed E-state index contributed by atoms with van der Waals surface area (Å²) < 4.78 is 5.52. The van der Waals surface area contributed by atoms with E-state index in [1.54, 1.807) is 6.92 Å². The highest BCUT2D eigenvalue weighted by Gasteiger charge is 2.34. The Morgan fingerprint density at radius 2 is 1.95 bits per heavy atom. The number of benzene rings is 1. The van der Waals surface area contributed by atoms with E-state index in [1.165, 1.54) is 0 Å². The molecule has 102 valence electrons. The lowest BCUT2D eigenvalue weighted by Crippen LogP contribution is -2.19. The van der Waals surface area contributed by atoms with Crippen molar-refractivity contribution in [1.82, 2.24) is 0 Å². The van der Waals surface area contributed by atoms with Crippen molar-refractivity contribution in [3.05, 3.63) is 58.5 Å². The van der Waals surface area contributed by atoms with Gasteiger partial charge < -0.3 is 9.52 Å². The number of aryl methyl sites for hydroxylation is 1. The first-order chi connectivity index (χ1) is 9.58. The maximum Gasteiger partial charge on any atom is 0.340 e. The molecule has 1 aromatic carbocycles. The van der Waals surface area contributed by atoms with Crippen LogP contribution in [-0.2, 0) is 6.42 Å². The Labute approximate surface area is 116 Å². The third kappa shape index (κ3) is 1.93. The summed E-state index contributed by atoms with van der Waals surface area (Å²) in [6, 6.07) is 9.77. The summed E-state index contributed by atoms with van der Waals surface area (Å²) in [5, 5.41) is 9.20. The summed E-state index contributed by atoms with van der Waals surface area (Å²) in [4.78, 5) is 23.5. The fraction of sp³-hybridized carbons (Fsp3) is 0.250. The number of furan rings is 1. The van der Waals surface area contributed by atoms with Gasteiger partial charge in [-0.2, -0.15) is 0 Å². The Morgan fingerprint density at radius 1 is 1.25 bits per heavy atom. The van der Waals surface area contributed by atoms with Crippen molar-refractivity contribution in [2.45, 2.75) is 25.7 Å². The maximum atomic E-state index is 12.3. The number of carboxylic acids is 1. The van der Waals surface area contributed by atoms with Gasteiger partial charge in [0, 0.05) is 12.8 Å². The van der Waals surface area contributed by atoms with Crippen molar-refractivity contribution in [3.63, 3.8) is 0 Å². The molecule has 0 radical (unpaired) electrons. The fourth-order valence-electron chi connectivity index (χ4n) is 2.88. The number of carbonyl (C=O) groups excluding carboxylic acids is 1. The topological polar surface area (TPSA) is 67.5 Å². The molecule has 0 spiro atoms. The second-order valence-corrected chi connectivity index (χ2v) is 5.08. The summed E-state index contributed by atoms with van der Waals surface area (Å²) in [5.74, 6) is -0.369. The number of carbonyl (C=O) groups is 2. The molecule has 1 aromatic heterocycles. The summed E-state index contributed by atoms with van der Waals surface area (Å²) in [6.07, 6.45) is 0.898. The maximum absolute atomic E-state index is 12.3. The van der Waals surface area contributed by atoms with Gasteiger partial charge in [0.2, 0.25) is 0 Å². The van der Waals surface area contributed by atoms with Crippen LogP contribution in [0.2, 0.25) is 0 Å². The van der Waals surface area contributed by atoms with Gasteiger partial charge in [0.05, 0.1) is 5.56 Å². The van der Waals surface area contributed by atoms with Crippen LogP contribution in [0.25, 0.3) is 0 Å². The highest BCUT2D eigenvalue weighted by atomic mass is 16.4. The molecular weight excluding hydrogens is 256 g/mol. The first-order valence-corrected chi connectivity index (χ1v) is 6.51. The predicted octanol–water partition coefficient (Wildman–Crippen LogP) is 3.20. The average Bonchev–Trinajstić information content (AvgIpc) is 2.76. The van der Waals surface area contributed by atoms with E-state index in [1.807, 2.05) is 30.3 Å². The summed E-state index contributed by atoms with van der Waals surface area (Å²) in [6.45, 7) is 1.59. The van der Waals surface area contributed by atoms with E-state index in [0.29, 0.717) is 24.4 Å². The van der Waals surface area contributed by atoms with Crippen molar-refractivity contribution in [1.29, 1.82) is 0 Å². The van der Waals surface area contributed by atoms with Gasteiger partial charge >= 0.3 is 5.97 Å². The molecule has 1 N–H and O–H groups in total. The minimum absolute atomic E-state index is 0.0245. The third-order valence-electron chi connectivity index (χ3n) is 3.78. The Morgan fingerprint density at radius 3 is 2.60 bits per heavy atom. The molecule has 2 aromatic rings. The van der Waals surface area contributed by atoms with E-state index < -0.39 is 5.97 Å². The molecule has 1 heterocycles. The van der Waals surface area contributed by atoms with Gasteiger partial charge in [-0.05, 0) is 18.4 Å². The van der Waals surface area contributed by atoms with Crippen LogP contribution in [0.5, 0.6) is 0 Å². The van der Waals surface area contributed by atoms with E-state index in [9.17, 15) is 14.7 Å². The van der Waals surface area contributed by atoms with Crippen LogP contribution in [-0.4, -0.2) is 16.9 Å². The first-order valence-electron chi connectivity index (χ1n) is 6.51. The van der Waals surface area contributed by atoms with Crippen molar-refractivity contribution in [2.75, 3.05) is 0 Å². The number of hydrogen-bond acceptors (Lipinski definition) is 3. The highest BCUT2D eigenvalue weighted by molar-refractivity contribution is 6.08. The highest BCUT2D eigenvalue weighted by Crippen LogP contribution is 2.36. The van der Waals surface area contributed by atoms with Crippen molar-refractivity contribution in [2.24, 2.45) is 0 Å². The lowest BCUT2D eigenvalue weighted by atomic mass is 9.81. The number of aromatic carboxylic acids is 1. The van der Waals surface area contributed by atoms with E-state index >= 15 is 0 Å². The predicted molar refractivity (Wildman–Crippen MR) is 72.2 cm³/mol. The monoisotopic (exact) mass is 270 g/mol. The van der Waals surface area contributed by atoms with Crippen LogP contribution in [0.4, 0.5) is 0 Å². The van der Waals surface area contributed by atoms with Gasteiger partial charge in [-0.25, -0.2) is 4.79 Å². The standard InChI is InChI=1S/C16H14O4/c1-9-14(16(18)19)15-12(17)7-11(8-13(15)20-9)10-5-3-2-4-6-10/h2-6,11H,7-8H2,1H3,(H,18,19)/t11-/m0/s1. The van der Waals surface area contributed by atoms with E-state index in [4.69, 9.17) is 4.42 Å². The Hall–Kier alpha value is -2.36. The van der Waals surface area contributed by atoms with Crippen LogP contribution in [0, 0.1) is 6.92 Å². The molecule has 3 rings (SSSR count). The number of ketones is 1. The molecule has 0 amide bonds. The van der Waals surface area contributed by atoms with Crippen LogP contribution in [0.1, 0.15) is 50.1 Å². The van der Waals surface area contributed by atoms with Crippen molar-refractivity contribution in [3.8, 4) is 0 Å². The van der Waals surface area contributed by atoms with Crippen LogP contribution < -0.4 is 0 Å². The average molecular weight is 270 g/mol. The van der Waals surface area contributed by atoms with Crippen LogP contribution in [0.3, 0.4) is 0 Å². The Balaban J connectivity index is 2.03. The van der Waals surface area contributed by atoms with E-state index in [0.717, 1.165) is 5.56 Å². The van der Waals surface area contributed by atoms with Crippen LogP contribution in [0.15, 0.2) is 34.7 Å². The Bertz CT molecular complexity index is 682. The quantitative estimate of drug-likeness (QED) is 0.909. The molecule has 0 fully saturated rings. The van der Waals surface area contributed by atoms with Gasteiger partial charge in [0.15, 0.2) is 5.78 Å². The summed E-state index contributed by atoms with van der Waals surface area (Å²) >= 11 is 0. The number of rotatable bonds is 2. The second-order valence-electron chi connectivity index (χ2n) is 5.08. The van der Waals surface area contributed by atoms with Gasteiger partial charge in [-0.1, -0.05) is 30.3 Å². The molecule has 20 heavy (non-hydrogen) atoms. The molecule has 0 bridgehead atoms. The first kappa shape index (κ1) is 12.7. The fourth-order valence-corrected chi connectivity index (χ4v) is 2.88. The zero-order valence-electron chi connectivity index (χ0n) is 11.1. The molecule has 0 unspecified atom stereocenters. The minimum atomic E-state index is -1.10. The molecule has 4 heteroatoms. The van der Waals surface area contributed by atoms with E-state index in [-0.39, 0.29) is 22.8 Å². The number of carboxylic acid groups (broad SMARTS) is 1. The number of hydrogen-bond donors (Lipinski definition) is 1. The smallest absolute Gasteiger partial charge is 0.340 e. The molecule has 1 aliphatic carbocycles. The second kappa shape index (κ2) is 4.63. The number of fused-ring (bicyclic) bond motifs is 1.